The number of nitrogens with one attached hydrogen (secondary N) is 2. The summed E-state index contributed by atoms with van der Waals surface area (Å²) in [4.78, 5) is 26.1. The van der Waals surface area contributed by atoms with Gasteiger partial charge in [0.25, 0.3) is 0 Å². The first-order chi connectivity index (χ1) is 11.6. The Morgan fingerprint density at radius 1 is 1.33 bits per heavy atom. The number of nitrogens with zero attached hydrogens (tertiary/aromatic N) is 3. The van der Waals surface area contributed by atoms with Gasteiger partial charge in [-0.05, 0) is 25.1 Å². The lowest BCUT2D eigenvalue weighted by Gasteiger charge is -2.33. The topological polar surface area (TPSA) is 73.9 Å². The molecular weight excluding hydrogens is 326 g/mol. The van der Waals surface area contributed by atoms with E-state index in [0.717, 1.165) is 22.4 Å². The molecule has 122 valence electrons. The van der Waals surface area contributed by atoms with Crippen LogP contribution >= 0.6 is 11.6 Å². The number of amides is 1. The molecule has 2 aromatic heterocycles. The number of rotatable bonds is 2. The van der Waals surface area contributed by atoms with Crippen LogP contribution in [-0.2, 0) is 4.79 Å². The minimum Gasteiger partial charge on any atom is -0.353 e. The van der Waals surface area contributed by atoms with Crippen molar-refractivity contribution in [1.29, 1.82) is 0 Å². The summed E-state index contributed by atoms with van der Waals surface area (Å²) in [6, 6.07) is 9.44. The van der Waals surface area contributed by atoms with E-state index in [1.54, 1.807) is 6.20 Å². The normalized spacial score (nSPS) is 18.0. The Bertz CT molecular complexity index is 889. The average molecular weight is 342 g/mol. The van der Waals surface area contributed by atoms with Gasteiger partial charge in [0.15, 0.2) is 0 Å². The van der Waals surface area contributed by atoms with Gasteiger partial charge in [0, 0.05) is 24.8 Å². The van der Waals surface area contributed by atoms with E-state index in [-0.39, 0.29) is 11.9 Å². The number of pyridine rings is 1. The van der Waals surface area contributed by atoms with Crippen molar-refractivity contribution in [3.63, 3.8) is 0 Å². The Balaban J connectivity index is 1.77. The maximum absolute atomic E-state index is 11.9. The van der Waals surface area contributed by atoms with Gasteiger partial charge in [-0.3, -0.25) is 4.79 Å². The number of aromatic amines is 1. The predicted octanol–water partition coefficient (Wildman–Crippen LogP) is 2.60. The lowest BCUT2D eigenvalue weighted by molar-refractivity contribution is -0.122. The number of anilines is 1. The second-order valence-corrected chi connectivity index (χ2v) is 6.19. The first-order valence-electron chi connectivity index (χ1n) is 7.78. The van der Waals surface area contributed by atoms with Crippen molar-refractivity contribution in [2.75, 3.05) is 18.0 Å². The van der Waals surface area contributed by atoms with Crippen LogP contribution in [0.5, 0.6) is 0 Å². The van der Waals surface area contributed by atoms with Crippen molar-refractivity contribution >= 4 is 34.4 Å². The molecule has 7 heteroatoms. The number of fused-ring (bicyclic) bond motifs is 1. The van der Waals surface area contributed by atoms with Gasteiger partial charge in [-0.15, -0.1) is 0 Å². The van der Waals surface area contributed by atoms with Gasteiger partial charge in [0.1, 0.15) is 17.7 Å². The molecule has 2 N–H and O–H groups in total. The molecule has 3 aromatic rings. The molecule has 1 atom stereocenters. The van der Waals surface area contributed by atoms with E-state index in [1.165, 1.54) is 0 Å². The molecule has 3 heterocycles. The summed E-state index contributed by atoms with van der Waals surface area (Å²) < 4.78 is 0. The first kappa shape index (κ1) is 15.0. The molecule has 24 heavy (non-hydrogen) atoms. The largest absolute Gasteiger partial charge is 0.353 e. The molecule has 1 aliphatic rings. The summed E-state index contributed by atoms with van der Waals surface area (Å²) in [5.74, 6) is 1.42. The van der Waals surface area contributed by atoms with Gasteiger partial charge in [0.05, 0.1) is 16.1 Å². The molecule has 0 radical (unpaired) electrons. The second kappa shape index (κ2) is 5.79. The van der Waals surface area contributed by atoms with Crippen molar-refractivity contribution in [1.82, 2.24) is 20.3 Å². The third kappa shape index (κ3) is 2.49. The minimum absolute atomic E-state index is 0.00304. The third-order valence-corrected chi connectivity index (χ3v) is 4.58. The fourth-order valence-electron chi connectivity index (χ4n) is 2.94. The fraction of sp³-hybridized carbons (Fsp3) is 0.235. The summed E-state index contributed by atoms with van der Waals surface area (Å²) in [5, 5.41) is 3.37. The van der Waals surface area contributed by atoms with E-state index < -0.39 is 0 Å². The Morgan fingerprint density at radius 2 is 2.17 bits per heavy atom. The number of halogens is 1. The van der Waals surface area contributed by atoms with Crippen molar-refractivity contribution in [3.05, 3.63) is 41.6 Å². The molecule has 1 aromatic carbocycles. The van der Waals surface area contributed by atoms with Crippen LogP contribution in [0, 0.1) is 0 Å². The van der Waals surface area contributed by atoms with Crippen LogP contribution < -0.4 is 10.2 Å². The summed E-state index contributed by atoms with van der Waals surface area (Å²) in [5.41, 5.74) is 2.61. The maximum Gasteiger partial charge on any atom is 0.242 e. The number of hydrogen-bond donors (Lipinski definition) is 2. The smallest absolute Gasteiger partial charge is 0.242 e. The van der Waals surface area contributed by atoms with E-state index in [1.807, 2.05) is 42.2 Å². The molecule has 0 aliphatic carbocycles. The molecule has 0 spiro atoms. The molecule has 4 rings (SSSR count). The molecule has 1 aliphatic heterocycles. The molecule has 0 saturated carbocycles. The summed E-state index contributed by atoms with van der Waals surface area (Å²) in [6.07, 6.45) is 1.61. The van der Waals surface area contributed by atoms with Crippen LogP contribution in [0.25, 0.3) is 22.4 Å². The highest BCUT2D eigenvalue weighted by Crippen LogP contribution is 2.30. The number of carbonyl (C=O) groups excluding carboxylic acids is 1. The van der Waals surface area contributed by atoms with Gasteiger partial charge < -0.3 is 15.2 Å². The monoisotopic (exact) mass is 341 g/mol. The van der Waals surface area contributed by atoms with Gasteiger partial charge in [0.2, 0.25) is 5.91 Å². The van der Waals surface area contributed by atoms with Crippen LogP contribution in [0.15, 0.2) is 36.5 Å². The Hall–Kier alpha value is -2.60. The predicted molar refractivity (Wildman–Crippen MR) is 94.2 cm³/mol. The number of H-pyrrole nitrogens is 1. The summed E-state index contributed by atoms with van der Waals surface area (Å²) in [6.45, 7) is 3.18. The Morgan fingerprint density at radius 3 is 3.00 bits per heavy atom. The van der Waals surface area contributed by atoms with Crippen LogP contribution in [-0.4, -0.2) is 40.0 Å². The molecule has 0 bridgehead atoms. The number of imidazole rings is 1. The highest BCUT2D eigenvalue weighted by molar-refractivity contribution is 6.33. The Kier molecular flexibility index (Phi) is 3.61. The number of piperazine rings is 1. The molecule has 1 fully saturated rings. The third-order valence-electron chi connectivity index (χ3n) is 4.28. The van der Waals surface area contributed by atoms with Crippen LogP contribution in [0.1, 0.15) is 6.92 Å². The summed E-state index contributed by atoms with van der Waals surface area (Å²) in [7, 11) is 0. The highest BCUT2D eigenvalue weighted by atomic mass is 35.5. The van der Waals surface area contributed by atoms with Gasteiger partial charge >= 0.3 is 0 Å². The number of carbonyl (C=O) groups is 1. The number of benzene rings is 1. The molecule has 1 unspecified atom stereocenters. The van der Waals surface area contributed by atoms with E-state index in [9.17, 15) is 4.79 Å². The summed E-state index contributed by atoms with van der Waals surface area (Å²) >= 11 is 6.34. The van der Waals surface area contributed by atoms with Crippen LogP contribution in [0.2, 0.25) is 5.02 Å². The van der Waals surface area contributed by atoms with Crippen molar-refractivity contribution in [2.24, 2.45) is 0 Å². The van der Waals surface area contributed by atoms with Gasteiger partial charge in [-0.2, -0.15) is 0 Å². The van der Waals surface area contributed by atoms with Crippen LogP contribution in [0.3, 0.4) is 0 Å². The lowest BCUT2D eigenvalue weighted by Crippen LogP contribution is -2.54. The van der Waals surface area contributed by atoms with Crippen LogP contribution in [0.4, 0.5) is 5.82 Å². The number of para-hydroxylation sites is 2. The van der Waals surface area contributed by atoms with Crippen molar-refractivity contribution < 1.29 is 4.79 Å². The van der Waals surface area contributed by atoms with Gasteiger partial charge in [-0.1, -0.05) is 23.7 Å². The zero-order valence-electron chi connectivity index (χ0n) is 13.1. The first-order valence-corrected chi connectivity index (χ1v) is 8.16. The standard InChI is InChI=1S/C17H16ClN5O/c1-10-17(24)19-6-7-23(10)15-8-11(12(18)9-20-15)16-21-13-4-2-3-5-14(13)22-16/h2-5,8-10H,6-7H2,1H3,(H,19,24)(H,21,22). The average Bonchev–Trinajstić information content (AvgIpc) is 3.02. The van der Waals surface area contributed by atoms with E-state index in [0.29, 0.717) is 23.9 Å². The minimum atomic E-state index is -0.268. The van der Waals surface area contributed by atoms with Crippen molar-refractivity contribution in [2.45, 2.75) is 13.0 Å². The fourth-order valence-corrected chi connectivity index (χ4v) is 3.13. The molecule has 1 saturated heterocycles. The second-order valence-electron chi connectivity index (χ2n) is 5.79. The number of aromatic nitrogens is 3. The van der Waals surface area contributed by atoms with E-state index in [2.05, 4.69) is 20.3 Å². The lowest BCUT2D eigenvalue weighted by atomic mass is 10.2. The molecule has 1 amide bonds. The zero-order valence-corrected chi connectivity index (χ0v) is 13.8. The SMILES string of the molecule is CC1C(=O)NCCN1c1cc(-c2nc3ccccc3[nH]2)c(Cl)cn1. The zero-order chi connectivity index (χ0) is 16.7. The quantitative estimate of drug-likeness (QED) is 0.751. The van der Waals surface area contributed by atoms with Gasteiger partial charge in [-0.25, -0.2) is 9.97 Å². The molecular formula is C17H16ClN5O. The van der Waals surface area contributed by atoms with E-state index >= 15 is 0 Å². The van der Waals surface area contributed by atoms with Crippen molar-refractivity contribution in [3.8, 4) is 11.4 Å². The highest BCUT2D eigenvalue weighted by Gasteiger charge is 2.27. The maximum atomic E-state index is 11.9. The molecule has 6 nitrogen and oxygen atoms in total. The van der Waals surface area contributed by atoms with E-state index in [4.69, 9.17) is 11.6 Å². The number of hydrogen-bond acceptors (Lipinski definition) is 4. The Labute approximate surface area is 143 Å².